The maximum atomic E-state index is 11.7. The Bertz CT molecular complexity index is 604. The van der Waals surface area contributed by atoms with Gasteiger partial charge in [0.05, 0.1) is 4.99 Å². The Kier molecular flexibility index (Phi) is 6.26. The van der Waals surface area contributed by atoms with Crippen molar-refractivity contribution < 1.29 is 29.3 Å². The second kappa shape index (κ2) is 7.93. The molecule has 1 amide bonds. The van der Waals surface area contributed by atoms with Gasteiger partial charge in [-0.15, -0.1) is 0 Å². The summed E-state index contributed by atoms with van der Waals surface area (Å²) in [5, 5.41) is 20.1. The van der Waals surface area contributed by atoms with Gasteiger partial charge in [0.1, 0.15) is 17.4 Å². The summed E-state index contributed by atoms with van der Waals surface area (Å²) in [5.41, 5.74) is 5.06. The molecule has 0 heterocycles. The Balaban J connectivity index is 2.74. The van der Waals surface area contributed by atoms with Crippen molar-refractivity contribution in [2.75, 3.05) is 0 Å². The molecule has 0 aromatic heterocycles. The van der Waals surface area contributed by atoms with Gasteiger partial charge >= 0.3 is 18.0 Å². The number of aromatic carboxylic acids is 1. The SMILES string of the molecule is NC(=S)CCC(NC(=O)Oc1ccccc1C(=O)O)C(=O)O. The number of nitrogens with two attached hydrogens (primary N) is 1. The van der Waals surface area contributed by atoms with Crippen LogP contribution in [0.5, 0.6) is 5.75 Å². The van der Waals surface area contributed by atoms with Crippen LogP contribution in [-0.4, -0.2) is 39.3 Å². The van der Waals surface area contributed by atoms with E-state index in [2.05, 4.69) is 17.5 Å². The fourth-order valence-electron chi connectivity index (χ4n) is 1.55. The topological polar surface area (TPSA) is 139 Å². The maximum Gasteiger partial charge on any atom is 0.413 e. The molecular formula is C13H14N2O6S. The maximum absolute atomic E-state index is 11.7. The summed E-state index contributed by atoms with van der Waals surface area (Å²) in [7, 11) is 0. The zero-order valence-electron chi connectivity index (χ0n) is 11.3. The molecule has 0 radical (unpaired) electrons. The number of carboxylic acid groups (broad SMARTS) is 2. The minimum atomic E-state index is -1.28. The molecule has 1 atom stereocenters. The Labute approximate surface area is 130 Å². The Morgan fingerprint density at radius 3 is 2.45 bits per heavy atom. The van der Waals surface area contributed by atoms with E-state index in [1.165, 1.54) is 24.3 Å². The molecule has 0 saturated carbocycles. The lowest BCUT2D eigenvalue weighted by molar-refractivity contribution is -0.139. The number of carbonyl (C=O) groups is 3. The van der Waals surface area contributed by atoms with Crippen LogP contribution in [0.25, 0.3) is 0 Å². The monoisotopic (exact) mass is 326 g/mol. The van der Waals surface area contributed by atoms with Crippen molar-refractivity contribution in [1.29, 1.82) is 0 Å². The van der Waals surface area contributed by atoms with Gasteiger partial charge in [0.15, 0.2) is 0 Å². The number of amides is 1. The highest BCUT2D eigenvalue weighted by atomic mass is 32.1. The van der Waals surface area contributed by atoms with Crippen LogP contribution >= 0.6 is 12.2 Å². The van der Waals surface area contributed by atoms with E-state index in [9.17, 15) is 14.4 Å². The van der Waals surface area contributed by atoms with Crippen LogP contribution in [-0.2, 0) is 4.79 Å². The number of carbonyl (C=O) groups excluding carboxylic acids is 1. The molecular weight excluding hydrogens is 312 g/mol. The molecule has 1 unspecified atom stereocenters. The van der Waals surface area contributed by atoms with Gasteiger partial charge in [-0.3, -0.25) is 0 Å². The summed E-state index contributed by atoms with van der Waals surface area (Å²) in [4.78, 5) is 33.8. The van der Waals surface area contributed by atoms with Crippen LogP contribution in [0.3, 0.4) is 0 Å². The number of aliphatic carboxylic acids is 1. The van der Waals surface area contributed by atoms with Gasteiger partial charge in [-0.2, -0.15) is 0 Å². The standard InChI is InChI=1S/C13H14N2O6S/c14-10(22)6-5-8(12(18)19)15-13(20)21-9-4-2-1-3-7(9)11(16)17/h1-4,8H,5-6H2,(H2,14,22)(H,15,20)(H,16,17)(H,18,19). The summed E-state index contributed by atoms with van der Waals surface area (Å²) in [6, 6.07) is 4.25. The third-order valence-corrected chi connectivity index (χ3v) is 2.79. The van der Waals surface area contributed by atoms with Crippen LogP contribution in [0, 0.1) is 0 Å². The van der Waals surface area contributed by atoms with Crippen LogP contribution < -0.4 is 15.8 Å². The molecule has 1 aromatic rings. The number of carboxylic acids is 2. The highest BCUT2D eigenvalue weighted by Crippen LogP contribution is 2.18. The van der Waals surface area contributed by atoms with Crippen LogP contribution in [0.4, 0.5) is 4.79 Å². The zero-order chi connectivity index (χ0) is 16.7. The first-order chi connectivity index (χ1) is 10.3. The first-order valence-corrected chi connectivity index (χ1v) is 6.54. The molecule has 0 aliphatic carbocycles. The van der Waals surface area contributed by atoms with E-state index in [0.717, 1.165) is 0 Å². The fourth-order valence-corrected chi connectivity index (χ4v) is 1.67. The molecule has 1 rings (SSSR count). The highest BCUT2D eigenvalue weighted by molar-refractivity contribution is 7.80. The lowest BCUT2D eigenvalue weighted by Crippen LogP contribution is -2.42. The van der Waals surface area contributed by atoms with E-state index in [0.29, 0.717) is 0 Å². The molecule has 1 aromatic carbocycles. The van der Waals surface area contributed by atoms with Gasteiger partial charge in [0, 0.05) is 6.42 Å². The average Bonchev–Trinajstić information content (AvgIpc) is 2.43. The van der Waals surface area contributed by atoms with Gasteiger partial charge in [-0.05, 0) is 18.6 Å². The third-order valence-electron chi connectivity index (χ3n) is 2.59. The minimum Gasteiger partial charge on any atom is -0.480 e. The van der Waals surface area contributed by atoms with E-state index in [4.69, 9.17) is 20.7 Å². The first-order valence-electron chi connectivity index (χ1n) is 6.13. The number of rotatable bonds is 7. The van der Waals surface area contributed by atoms with Crippen LogP contribution in [0.2, 0.25) is 0 Å². The number of para-hydroxylation sites is 1. The lowest BCUT2D eigenvalue weighted by atomic mass is 10.1. The molecule has 0 fully saturated rings. The predicted molar refractivity (Wildman–Crippen MR) is 80.0 cm³/mol. The lowest BCUT2D eigenvalue weighted by Gasteiger charge is -2.14. The third kappa shape index (κ3) is 5.37. The Morgan fingerprint density at radius 2 is 1.91 bits per heavy atom. The summed E-state index contributed by atoms with van der Waals surface area (Å²) >= 11 is 4.64. The van der Waals surface area contributed by atoms with Crippen LogP contribution in [0.15, 0.2) is 24.3 Å². The van der Waals surface area contributed by atoms with E-state index < -0.39 is 24.1 Å². The quantitative estimate of drug-likeness (QED) is 0.544. The molecule has 0 aliphatic heterocycles. The number of ether oxygens (including phenoxy) is 1. The Morgan fingerprint density at radius 1 is 1.27 bits per heavy atom. The number of hydrogen-bond donors (Lipinski definition) is 4. The second-order valence-electron chi connectivity index (χ2n) is 4.23. The average molecular weight is 326 g/mol. The van der Waals surface area contributed by atoms with Crippen molar-refractivity contribution >= 4 is 35.2 Å². The molecule has 0 spiro atoms. The largest absolute Gasteiger partial charge is 0.480 e. The normalized spacial score (nSPS) is 11.3. The molecule has 8 nitrogen and oxygen atoms in total. The number of nitrogens with one attached hydrogen (secondary N) is 1. The van der Waals surface area contributed by atoms with Crippen molar-refractivity contribution in [3.63, 3.8) is 0 Å². The van der Waals surface area contributed by atoms with Gasteiger partial charge in [-0.25, -0.2) is 14.4 Å². The Hall–Kier alpha value is -2.68. The van der Waals surface area contributed by atoms with Crippen molar-refractivity contribution in [2.45, 2.75) is 18.9 Å². The molecule has 118 valence electrons. The number of hydrogen-bond acceptors (Lipinski definition) is 5. The number of benzene rings is 1. The van der Waals surface area contributed by atoms with Crippen LogP contribution in [0.1, 0.15) is 23.2 Å². The van der Waals surface area contributed by atoms with Crippen molar-refractivity contribution in [1.82, 2.24) is 5.32 Å². The molecule has 0 bridgehead atoms. The van der Waals surface area contributed by atoms with E-state index in [1.54, 1.807) is 0 Å². The second-order valence-corrected chi connectivity index (χ2v) is 4.76. The molecule has 0 aliphatic rings. The predicted octanol–water partition coefficient (Wildman–Crippen LogP) is 0.993. The van der Waals surface area contributed by atoms with Crippen molar-refractivity contribution in [3.8, 4) is 5.75 Å². The molecule has 5 N–H and O–H groups in total. The zero-order valence-corrected chi connectivity index (χ0v) is 12.1. The van der Waals surface area contributed by atoms with Gasteiger partial charge < -0.3 is 26.0 Å². The summed E-state index contributed by atoms with van der Waals surface area (Å²) < 4.78 is 4.84. The molecule has 0 saturated heterocycles. The highest BCUT2D eigenvalue weighted by Gasteiger charge is 2.22. The van der Waals surface area contributed by atoms with Crippen molar-refractivity contribution in [2.24, 2.45) is 5.73 Å². The first kappa shape index (κ1) is 17.4. The summed E-state index contributed by atoms with van der Waals surface area (Å²) in [5.74, 6) is -2.74. The molecule has 9 heteroatoms. The van der Waals surface area contributed by atoms with Gasteiger partial charge in [-0.1, -0.05) is 24.4 Å². The van der Waals surface area contributed by atoms with Gasteiger partial charge in [0.25, 0.3) is 0 Å². The minimum absolute atomic E-state index is 0.000341. The summed E-state index contributed by atoms with van der Waals surface area (Å²) in [6.07, 6.45) is -0.942. The summed E-state index contributed by atoms with van der Waals surface area (Å²) in [6.45, 7) is 0. The van der Waals surface area contributed by atoms with E-state index >= 15 is 0 Å². The van der Waals surface area contributed by atoms with E-state index in [-0.39, 0.29) is 29.1 Å². The van der Waals surface area contributed by atoms with E-state index in [1.807, 2.05) is 0 Å². The molecule has 22 heavy (non-hydrogen) atoms. The van der Waals surface area contributed by atoms with Crippen molar-refractivity contribution in [3.05, 3.63) is 29.8 Å². The fraction of sp³-hybridized carbons (Fsp3) is 0.231. The van der Waals surface area contributed by atoms with Gasteiger partial charge in [0.2, 0.25) is 0 Å². The smallest absolute Gasteiger partial charge is 0.413 e. The number of thiocarbonyl (C=S) groups is 1.